The number of rotatable bonds is 14. The van der Waals surface area contributed by atoms with Crippen LogP contribution in [0.25, 0.3) is 0 Å². The molecule has 0 spiro atoms. The third-order valence-electron chi connectivity index (χ3n) is 7.27. The van der Waals surface area contributed by atoms with Gasteiger partial charge in [-0.2, -0.15) is 5.26 Å². The van der Waals surface area contributed by atoms with Crippen molar-refractivity contribution in [3.05, 3.63) is 117 Å². The number of benzene rings is 2. The highest BCUT2D eigenvalue weighted by atomic mass is 16.5. The molecule has 6 heteroatoms. The molecule has 3 atom stereocenters. The van der Waals surface area contributed by atoms with E-state index in [2.05, 4.69) is 117 Å². The molecule has 1 heterocycles. The van der Waals surface area contributed by atoms with Gasteiger partial charge in [0.1, 0.15) is 0 Å². The van der Waals surface area contributed by atoms with Crippen molar-refractivity contribution < 1.29 is 4.74 Å². The summed E-state index contributed by atoms with van der Waals surface area (Å²) in [4.78, 5) is 25.8. The van der Waals surface area contributed by atoms with E-state index in [4.69, 9.17) is 4.74 Å². The average molecular weight is 558 g/mol. The lowest BCUT2D eigenvalue weighted by molar-refractivity contribution is 0.183. The maximum atomic E-state index is 10.9. The number of methoxy groups -OCH3 is 1. The van der Waals surface area contributed by atoms with Crippen LogP contribution in [0.1, 0.15) is 88.3 Å². The van der Waals surface area contributed by atoms with E-state index in [9.17, 15) is 14.9 Å². The molecule has 2 N–H and O–H groups in total. The van der Waals surface area contributed by atoms with Gasteiger partial charge in [-0.1, -0.05) is 101 Å². The zero-order valence-electron chi connectivity index (χ0n) is 25.3. The van der Waals surface area contributed by atoms with Gasteiger partial charge in [0.05, 0.1) is 18.2 Å². The summed E-state index contributed by atoms with van der Waals surface area (Å²) in [7, 11) is 1.48. The zero-order chi connectivity index (χ0) is 30.0. The molecular formula is C35H47N3O3. The van der Waals surface area contributed by atoms with Gasteiger partial charge in [-0.25, -0.2) is 4.79 Å². The van der Waals surface area contributed by atoms with E-state index in [1.165, 1.54) is 24.4 Å². The number of H-pyrrole nitrogens is 2. The van der Waals surface area contributed by atoms with Crippen LogP contribution < -0.4 is 11.2 Å². The number of hydrogen-bond donors (Lipinski definition) is 2. The molecule has 220 valence electrons. The summed E-state index contributed by atoms with van der Waals surface area (Å²) in [6.07, 6.45) is 11.5. The van der Waals surface area contributed by atoms with Crippen LogP contribution >= 0.6 is 0 Å². The summed E-state index contributed by atoms with van der Waals surface area (Å²) in [6.45, 7) is 9.07. The third kappa shape index (κ3) is 12.6. The second-order valence-electron chi connectivity index (χ2n) is 11.4. The molecule has 0 fully saturated rings. The molecule has 0 aliphatic carbocycles. The summed E-state index contributed by atoms with van der Waals surface area (Å²) in [5.41, 5.74) is 2.29. The van der Waals surface area contributed by atoms with E-state index >= 15 is 0 Å². The number of nitrogens with one attached hydrogen (secondary N) is 2. The maximum absolute atomic E-state index is 10.9. The van der Waals surface area contributed by atoms with Crippen molar-refractivity contribution in [2.45, 2.75) is 78.2 Å². The Kier molecular flexibility index (Phi) is 15.2. The van der Waals surface area contributed by atoms with Gasteiger partial charge in [0.2, 0.25) is 0 Å². The average Bonchev–Trinajstić information content (AvgIpc) is 2.96. The molecule has 0 saturated carbocycles. The highest BCUT2D eigenvalue weighted by molar-refractivity contribution is 5.24. The van der Waals surface area contributed by atoms with Crippen molar-refractivity contribution in [2.24, 2.45) is 17.8 Å². The van der Waals surface area contributed by atoms with Gasteiger partial charge in [0.15, 0.2) is 0 Å². The van der Waals surface area contributed by atoms with Crippen LogP contribution in [0.5, 0.6) is 0 Å². The Balaban J connectivity index is 0.000000446. The molecule has 0 bridgehead atoms. The molecule has 1 aromatic heterocycles. The first-order chi connectivity index (χ1) is 19.7. The summed E-state index contributed by atoms with van der Waals surface area (Å²) in [5, 5.41) is 9.73. The quantitative estimate of drug-likeness (QED) is 0.198. The highest BCUT2D eigenvalue weighted by Crippen LogP contribution is 2.38. The van der Waals surface area contributed by atoms with Crippen molar-refractivity contribution in [3.8, 4) is 6.07 Å². The van der Waals surface area contributed by atoms with E-state index in [-0.39, 0.29) is 12.5 Å². The molecule has 3 rings (SSSR count). The lowest BCUT2D eigenvalue weighted by Crippen LogP contribution is -2.24. The largest absolute Gasteiger partial charge is 0.380 e. The Bertz CT molecular complexity index is 1300. The van der Waals surface area contributed by atoms with Crippen LogP contribution in [0.15, 0.2) is 88.6 Å². The monoisotopic (exact) mass is 557 g/mol. The second-order valence-corrected chi connectivity index (χ2v) is 11.4. The normalized spacial score (nSPS) is 13.4. The summed E-state index contributed by atoms with van der Waals surface area (Å²) in [5.74, 6) is 2.11. The predicted octanol–water partition coefficient (Wildman–Crippen LogP) is 7.72. The van der Waals surface area contributed by atoms with Crippen LogP contribution in [0.4, 0.5) is 0 Å². The third-order valence-corrected chi connectivity index (χ3v) is 7.27. The second kappa shape index (κ2) is 18.6. The van der Waals surface area contributed by atoms with E-state index in [0.29, 0.717) is 29.2 Å². The molecule has 3 unspecified atom stereocenters. The standard InChI is InChI=1S/C29H39N.C6H8N2O3/c1-23(2)14-8-5-13-19-27(25-15-9-6-10-16-25)20-28(21-29(22-30)24(3)4)26-17-11-7-12-18-26;1-11-3-4-2-7-6(10)8-5(4)9/h5-12,15-18,23-24,27-29H,13-14,19-21H2,1-4H3;2H,3H2,1H3,(H2,7,8,9,10)/b8-5+;. The zero-order valence-corrected chi connectivity index (χ0v) is 25.3. The lowest BCUT2D eigenvalue weighted by Gasteiger charge is -2.27. The van der Waals surface area contributed by atoms with Crippen molar-refractivity contribution in [1.29, 1.82) is 5.26 Å². The van der Waals surface area contributed by atoms with Gasteiger partial charge in [0, 0.05) is 19.2 Å². The van der Waals surface area contributed by atoms with Crippen molar-refractivity contribution in [2.75, 3.05) is 7.11 Å². The van der Waals surface area contributed by atoms with Crippen LogP contribution in [-0.2, 0) is 11.3 Å². The first-order valence-corrected chi connectivity index (χ1v) is 14.7. The van der Waals surface area contributed by atoms with Crippen molar-refractivity contribution in [3.63, 3.8) is 0 Å². The number of aromatic nitrogens is 2. The number of hydrogen-bond acceptors (Lipinski definition) is 4. The van der Waals surface area contributed by atoms with Crippen LogP contribution in [0.2, 0.25) is 0 Å². The molecule has 0 aliphatic heterocycles. The number of ether oxygens (including phenoxy) is 1. The molecule has 6 nitrogen and oxygen atoms in total. The van der Waals surface area contributed by atoms with Crippen molar-refractivity contribution in [1.82, 2.24) is 9.97 Å². The maximum Gasteiger partial charge on any atom is 0.325 e. The van der Waals surface area contributed by atoms with Crippen molar-refractivity contribution >= 4 is 0 Å². The van der Waals surface area contributed by atoms with Gasteiger partial charge < -0.3 is 9.72 Å². The summed E-state index contributed by atoms with van der Waals surface area (Å²) in [6, 6.07) is 24.3. The summed E-state index contributed by atoms with van der Waals surface area (Å²) < 4.78 is 4.71. The molecule has 0 saturated heterocycles. The fraction of sp³-hybridized carbons (Fsp3) is 0.457. The SMILES string of the molecule is CC(C)C/C=C/CCC(CC(CC(C#N)C(C)C)c1ccccc1)c1ccccc1.COCc1c[nH]c(=O)[nH]c1=O. The van der Waals surface area contributed by atoms with E-state index < -0.39 is 11.2 Å². The van der Waals surface area contributed by atoms with Crippen LogP contribution in [0, 0.1) is 29.1 Å². The molecule has 2 aromatic carbocycles. The highest BCUT2D eigenvalue weighted by Gasteiger charge is 2.24. The topological polar surface area (TPSA) is 98.7 Å². The Morgan fingerprint density at radius 2 is 1.49 bits per heavy atom. The smallest absolute Gasteiger partial charge is 0.325 e. The van der Waals surface area contributed by atoms with E-state index in [1.54, 1.807) is 0 Å². The first kappa shape index (κ1) is 33.5. The molecule has 3 aromatic rings. The number of aromatic amines is 2. The Hall–Kier alpha value is -3.69. The number of nitriles is 1. The molecule has 0 aliphatic rings. The number of nitrogens with zero attached hydrogens (tertiary/aromatic N) is 1. The molecule has 0 radical (unpaired) electrons. The minimum Gasteiger partial charge on any atom is -0.380 e. The van der Waals surface area contributed by atoms with E-state index in [1.807, 2.05) is 0 Å². The minimum atomic E-state index is -0.505. The molecular weight excluding hydrogens is 510 g/mol. The predicted molar refractivity (Wildman–Crippen MR) is 168 cm³/mol. The molecule has 0 amide bonds. The fourth-order valence-electron chi connectivity index (χ4n) is 4.85. The Labute approximate surface area is 245 Å². The fourth-order valence-corrected chi connectivity index (χ4v) is 4.85. The van der Waals surface area contributed by atoms with Crippen LogP contribution in [0.3, 0.4) is 0 Å². The Morgan fingerprint density at radius 1 is 0.878 bits per heavy atom. The minimum absolute atomic E-state index is 0.0950. The number of allylic oxidation sites excluding steroid dienone is 2. The first-order valence-electron chi connectivity index (χ1n) is 14.7. The van der Waals surface area contributed by atoms with Gasteiger partial charge in [0.25, 0.3) is 5.56 Å². The molecule has 41 heavy (non-hydrogen) atoms. The van der Waals surface area contributed by atoms with E-state index in [0.717, 1.165) is 32.1 Å². The van der Waals surface area contributed by atoms with Gasteiger partial charge in [-0.15, -0.1) is 0 Å². The summed E-state index contributed by atoms with van der Waals surface area (Å²) >= 11 is 0. The van der Waals surface area contributed by atoms with Gasteiger partial charge in [-0.05, 0) is 66.9 Å². The van der Waals surface area contributed by atoms with Gasteiger partial charge >= 0.3 is 5.69 Å². The Morgan fingerprint density at radius 3 is 2.00 bits per heavy atom. The van der Waals surface area contributed by atoms with Crippen LogP contribution in [-0.4, -0.2) is 17.1 Å². The lowest BCUT2D eigenvalue weighted by atomic mass is 9.77. The van der Waals surface area contributed by atoms with Gasteiger partial charge in [-0.3, -0.25) is 9.78 Å².